The molecule has 0 unspecified atom stereocenters. The van der Waals surface area contributed by atoms with Crippen molar-refractivity contribution in [2.75, 3.05) is 25.6 Å². The van der Waals surface area contributed by atoms with E-state index in [4.69, 9.17) is 4.74 Å². The molecule has 7 heteroatoms. The van der Waals surface area contributed by atoms with Gasteiger partial charge in [-0.25, -0.2) is 15.0 Å². The molecular formula is C16H21N5O2. The summed E-state index contributed by atoms with van der Waals surface area (Å²) < 4.78 is 5.25. The van der Waals surface area contributed by atoms with E-state index in [1.165, 1.54) is 6.20 Å². The fraction of sp³-hybridized carbons (Fsp3) is 0.375. The minimum Gasteiger partial charge on any atom is -0.478 e. The molecule has 0 aliphatic carbocycles. The largest absolute Gasteiger partial charge is 0.478 e. The molecule has 2 rings (SSSR count). The number of carbonyl (C=O) groups is 1. The molecule has 7 nitrogen and oxygen atoms in total. The van der Waals surface area contributed by atoms with Gasteiger partial charge in [-0.2, -0.15) is 0 Å². The lowest BCUT2D eigenvalue weighted by Crippen LogP contribution is -2.24. The molecule has 0 radical (unpaired) electrons. The highest BCUT2D eigenvalue weighted by atomic mass is 16.5. The summed E-state index contributed by atoms with van der Waals surface area (Å²) in [6.07, 6.45) is 1.50. The van der Waals surface area contributed by atoms with Crippen LogP contribution in [0.15, 0.2) is 24.4 Å². The summed E-state index contributed by atoms with van der Waals surface area (Å²) in [5.74, 6) is 0.922. The van der Waals surface area contributed by atoms with Crippen LogP contribution in [0.4, 0.5) is 5.95 Å². The molecule has 1 N–H and O–H groups in total. The number of hydrogen-bond donors (Lipinski definition) is 1. The second-order valence-corrected chi connectivity index (χ2v) is 5.20. The molecule has 0 saturated carbocycles. The van der Waals surface area contributed by atoms with E-state index >= 15 is 0 Å². The predicted octanol–water partition coefficient (Wildman–Crippen LogP) is 1.57. The standard InChI is InChI=1S/C16H21N5O2/c1-5-23-14-7-6-12(9-17-14)15(22)18-10-13-8-11(2)19-16(20-13)21(3)4/h6-9H,5,10H2,1-4H3,(H,18,22). The number of pyridine rings is 1. The van der Waals surface area contributed by atoms with Crippen molar-refractivity contribution in [1.29, 1.82) is 0 Å². The molecule has 2 aromatic heterocycles. The number of carbonyl (C=O) groups excluding carboxylic acids is 1. The predicted molar refractivity (Wildman–Crippen MR) is 87.7 cm³/mol. The zero-order valence-corrected chi connectivity index (χ0v) is 13.8. The van der Waals surface area contributed by atoms with E-state index in [0.717, 1.165) is 11.4 Å². The third-order valence-corrected chi connectivity index (χ3v) is 3.02. The quantitative estimate of drug-likeness (QED) is 0.871. The number of rotatable bonds is 6. The van der Waals surface area contributed by atoms with E-state index in [1.54, 1.807) is 12.1 Å². The smallest absolute Gasteiger partial charge is 0.253 e. The Kier molecular flexibility index (Phi) is 5.46. The van der Waals surface area contributed by atoms with Gasteiger partial charge < -0.3 is 15.0 Å². The van der Waals surface area contributed by atoms with Crippen LogP contribution in [0, 0.1) is 6.92 Å². The maximum absolute atomic E-state index is 12.1. The van der Waals surface area contributed by atoms with Crippen LogP contribution in [-0.4, -0.2) is 41.6 Å². The fourth-order valence-corrected chi connectivity index (χ4v) is 1.93. The highest BCUT2D eigenvalue weighted by molar-refractivity contribution is 5.93. The van der Waals surface area contributed by atoms with Gasteiger partial charge in [0.2, 0.25) is 11.8 Å². The lowest BCUT2D eigenvalue weighted by Gasteiger charge is -2.12. The molecule has 0 atom stereocenters. The maximum Gasteiger partial charge on any atom is 0.253 e. The monoisotopic (exact) mass is 315 g/mol. The van der Waals surface area contributed by atoms with E-state index in [2.05, 4.69) is 20.3 Å². The molecule has 0 spiro atoms. The van der Waals surface area contributed by atoms with Crippen LogP contribution in [0.5, 0.6) is 5.88 Å². The Morgan fingerprint density at radius 1 is 1.30 bits per heavy atom. The molecule has 0 aliphatic heterocycles. The highest BCUT2D eigenvalue weighted by Crippen LogP contribution is 2.09. The lowest BCUT2D eigenvalue weighted by molar-refractivity contribution is 0.0950. The highest BCUT2D eigenvalue weighted by Gasteiger charge is 2.09. The third-order valence-electron chi connectivity index (χ3n) is 3.02. The van der Waals surface area contributed by atoms with Crippen LogP contribution in [-0.2, 0) is 6.54 Å². The normalized spacial score (nSPS) is 10.3. The Labute approximate surface area is 135 Å². The Morgan fingerprint density at radius 2 is 2.09 bits per heavy atom. The van der Waals surface area contributed by atoms with Crippen LogP contribution < -0.4 is 15.0 Å². The van der Waals surface area contributed by atoms with E-state index < -0.39 is 0 Å². The Bertz CT molecular complexity index is 671. The molecule has 0 bridgehead atoms. The molecule has 1 amide bonds. The molecular weight excluding hydrogens is 294 g/mol. The minimum absolute atomic E-state index is 0.205. The van der Waals surface area contributed by atoms with Crippen molar-refractivity contribution in [2.24, 2.45) is 0 Å². The SMILES string of the molecule is CCOc1ccc(C(=O)NCc2cc(C)nc(N(C)C)n2)cn1. The topological polar surface area (TPSA) is 80.2 Å². The summed E-state index contributed by atoms with van der Waals surface area (Å²) in [6.45, 7) is 4.65. The van der Waals surface area contributed by atoms with Crippen LogP contribution in [0.3, 0.4) is 0 Å². The zero-order chi connectivity index (χ0) is 16.8. The van der Waals surface area contributed by atoms with Gasteiger partial charge in [0.05, 0.1) is 24.4 Å². The number of aryl methyl sites for hydroxylation is 1. The number of nitrogens with zero attached hydrogens (tertiary/aromatic N) is 4. The molecule has 0 saturated heterocycles. The average molecular weight is 315 g/mol. The van der Waals surface area contributed by atoms with Crippen molar-refractivity contribution >= 4 is 11.9 Å². The average Bonchev–Trinajstić information content (AvgIpc) is 2.53. The van der Waals surface area contributed by atoms with Crippen LogP contribution in [0.25, 0.3) is 0 Å². The number of aromatic nitrogens is 3. The first kappa shape index (κ1) is 16.7. The summed E-state index contributed by atoms with van der Waals surface area (Å²) in [7, 11) is 3.76. The van der Waals surface area contributed by atoms with Gasteiger partial charge in [0, 0.05) is 32.1 Å². The summed E-state index contributed by atoms with van der Waals surface area (Å²) in [5, 5.41) is 2.83. The van der Waals surface area contributed by atoms with Crippen molar-refractivity contribution in [3.63, 3.8) is 0 Å². The first-order valence-corrected chi connectivity index (χ1v) is 7.38. The van der Waals surface area contributed by atoms with Gasteiger partial charge in [-0.1, -0.05) is 0 Å². The Hall–Kier alpha value is -2.70. The Morgan fingerprint density at radius 3 is 2.70 bits per heavy atom. The molecule has 0 aliphatic rings. The van der Waals surface area contributed by atoms with Crippen LogP contribution in [0.1, 0.15) is 28.7 Å². The molecule has 0 aromatic carbocycles. The number of anilines is 1. The Balaban J connectivity index is 2.01. The summed E-state index contributed by atoms with van der Waals surface area (Å²) >= 11 is 0. The number of amides is 1. The second-order valence-electron chi connectivity index (χ2n) is 5.20. The van der Waals surface area contributed by atoms with E-state index in [0.29, 0.717) is 30.5 Å². The lowest BCUT2D eigenvalue weighted by atomic mass is 10.2. The first-order valence-electron chi connectivity index (χ1n) is 7.38. The molecule has 23 heavy (non-hydrogen) atoms. The van der Waals surface area contributed by atoms with E-state index in [9.17, 15) is 4.79 Å². The summed E-state index contributed by atoms with van der Waals surface area (Å²) in [4.78, 5) is 26.8. The fourth-order valence-electron chi connectivity index (χ4n) is 1.93. The van der Waals surface area contributed by atoms with Crippen molar-refractivity contribution in [3.05, 3.63) is 41.3 Å². The van der Waals surface area contributed by atoms with Crippen molar-refractivity contribution in [1.82, 2.24) is 20.3 Å². The summed E-state index contributed by atoms with van der Waals surface area (Å²) in [5.41, 5.74) is 2.09. The van der Waals surface area contributed by atoms with Gasteiger partial charge in [-0.15, -0.1) is 0 Å². The van der Waals surface area contributed by atoms with Crippen LogP contribution in [0.2, 0.25) is 0 Å². The molecule has 0 fully saturated rings. The van der Waals surface area contributed by atoms with Gasteiger partial charge in [0.15, 0.2) is 0 Å². The number of nitrogens with one attached hydrogen (secondary N) is 1. The van der Waals surface area contributed by atoms with Gasteiger partial charge in [-0.3, -0.25) is 4.79 Å². The van der Waals surface area contributed by atoms with Gasteiger partial charge in [0.25, 0.3) is 5.91 Å². The van der Waals surface area contributed by atoms with E-state index in [-0.39, 0.29) is 5.91 Å². The van der Waals surface area contributed by atoms with Gasteiger partial charge >= 0.3 is 0 Å². The van der Waals surface area contributed by atoms with Gasteiger partial charge in [0.1, 0.15) is 0 Å². The first-order chi connectivity index (χ1) is 11.0. The van der Waals surface area contributed by atoms with E-state index in [1.807, 2.05) is 38.9 Å². The number of hydrogen-bond acceptors (Lipinski definition) is 6. The van der Waals surface area contributed by atoms with Crippen molar-refractivity contribution in [3.8, 4) is 5.88 Å². The molecule has 2 aromatic rings. The zero-order valence-electron chi connectivity index (χ0n) is 13.8. The van der Waals surface area contributed by atoms with Crippen LogP contribution >= 0.6 is 0 Å². The second kappa shape index (κ2) is 7.53. The molecule has 122 valence electrons. The number of ether oxygens (including phenoxy) is 1. The van der Waals surface area contributed by atoms with Crippen molar-refractivity contribution < 1.29 is 9.53 Å². The third kappa shape index (κ3) is 4.64. The molecule has 2 heterocycles. The summed E-state index contributed by atoms with van der Waals surface area (Å²) in [6, 6.07) is 5.21. The maximum atomic E-state index is 12.1. The van der Waals surface area contributed by atoms with Gasteiger partial charge in [-0.05, 0) is 26.0 Å². The minimum atomic E-state index is -0.205. The van der Waals surface area contributed by atoms with Crippen molar-refractivity contribution in [2.45, 2.75) is 20.4 Å².